The van der Waals surface area contributed by atoms with E-state index in [4.69, 9.17) is 24.0 Å². The van der Waals surface area contributed by atoms with E-state index in [0.29, 0.717) is 27.4 Å². The Hall–Kier alpha value is 0.525. The highest BCUT2D eigenvalue weighted by Crippen LogP contribution is 2.66. The second-order valence-corrected chi connectivity index (χ2v) is 9.05. The molecule has 23 heavy (non-hydrogen) atoms. The fraction of sp³-hybridized carbons (Fsp3) is 1.00. The van der Waals surface area contributed by atoms with Gasteiger partial charge in [0.25, 0.3) is 0 Å². The minimum atomic E-state index is -5.48. The first-order valence-electron chi connectivity index (χ1n) is 6.35. The molecule has 1 heterocycles. The van der Waals surface area contributed by atoms with E-state index in [2.05, 4.69) is 13.1 Å². The normalized spacial score (nSPS) is 27.1. The Balaban J connectivity index is 2.43. The molecule has 0 aromatic rings. The van der Waals surface area contributed by atoms with Crippen LogP contribution in [-0.4, -0.2) is 60.9 Å². The molecular formula is C5H16B3O12P3. The number of ether oxygens (including phenoxy) is 1. The van der Waals surface area contributed by atoms with Gasteiger partial charge in [0, 0.05) is 6.00 Å². The van der Waals surface area contributed by atoms with Gasteiger partial charge in [-0.05, 0) is 12.8 Å². The highest BCUT2D eigenvalue weighted by atomic mass is 31.3. The third-order valence-electron chi connectivity index (χ3n) is 2.68. The van der Waals surface area contributed by atoms with E-state index in [1.807, 2.05) is 0 Å². The molecule has 4 N–H and O–H groups in total. The summed E-state index contributed by atoms with van der Waals surface area (Å²) >= 11 is 0. The quantitative estimate of drug-likeness (QED) is 0.240. The standard InChI is InChI=1S/C5H16B3O12P3/c6-18-8-7-5-2-1-4(17-5)3-16-22(12,13)20-23(14,15)19-21(9,10)11/h4-5,7-8H,1-3,6H2,(H,12,13)(H,14,15)(H2,9,10,11)/t4-,5+/m0/s1. The van der Waals surface area contributed by atoms with Crippen molar-refractivity contribution in [3.63, 3.8) is 0 Å². The molecule has 18 heteroatoms. The van der Waals surface area contributed by atoms with Gasteiger partial charge in [-0.1, -0.05) is 0 Å². The highest BCUT2D eigenvalue weighted by molar-refractivity contribution is 7.66. The number of hydrogen-bond donors (Lipinski definition) is 4. The number of rotatable bonds is 10. The second-order valence-electron chi connectivity index (χ2n) is 4.63. The molecule has 0 radical (unpaired) electrons. The zero-order valence-corrected chi connectivity index (χ0v) is 14.8. The number of phosphoric acid groups is 3. The van der Waals surface area contributed by atoms with Gasteiger partial charge in [-0.15, -0.1) is 0 Å². The van der Waals surface area contributed by atoms with Crippen LogP contribution in [0.25, 0.3) is 0 Å². The van der Waals surface area contributed by atoms with Crippen LogP contribution in [0.3, 0.4) is 0 Å². The molecule has 0 bridgehead atoms. The Morgan fingerprint density at radius 2 is 1.74 bits per heavy atom. The Morgan fingerprint density at radius 1 is 1.09 bits per heavy atom. The Kier molecular flexibility index (Phi) is 8.21. The zero-order valence-electron chi connectivity index (χ0n) is 12.1. The van der Waals surface area contributed by atoms with Gasteiger partial charge < -0.3 is 28.9 Å². The molecule has 2 unspecified atom stereocenters. The van der Waals surface area contributed by atoms with Crippen molar-refractivity contribution in [2.75, 3.05) is 6.61 Å². The lowest BCUT2D eigenvalue weighted by Crippen LogP contribution is -2.25. The van der Waals surface area contributed by atoms with Crippen molar-refractivity contribution >= 4 is 46.1 Å². The highest BCUT2D eigenvalue weighted by Gasteiger charge is 2.41. The van der Waals surface area contributed by atoms with Crippen molar-refractivity contribution in [2.24, 2.45) is 0 Å². The van der Waals surface area contributed by atoms with Crippen molar-refractivity contribution in [1.29, 1.82) is 0 Å². The molecule has 4 atom stereocenters. The molecule has 1 saturated heterocycles. The maximum atomic E-state index is 11.5. The predicted molar refractivity (Wildman–Crippen MR) is 81.6 cm³/mol. The summed E-state index contributed by atoms with van der Waals surface area (Å²) in [4.78, 5) is 35.0. The first-order valence-corrected chi connectivity index (χ1v) is 10.9. The molecule has 1 rings (SSSR count). The van der Waals surface area contributed by atoms with Crippen LogP contribution in [0.4, 0.5) is 0 Å². The van der Waals surface area contributed by atoms with Crippen LogP contribution in [0.15, 0.2) is 0 Å². The van der Waals surface area contributed by atoms with Crippen LogP contribution in [0.2, 0.25) is 0 Å². The number of phosphoric ester groups is 1. The van der Waals surface area contributed by atoms with Crippen LogP contribution in [0.5, 0.6) is 0 Å². The van der Waals surface area contributed by atoms with Crippen molar-refractivity contribution in [3.05, 3.63) is 0 Å². The van der Waals surface area contributed by atoms with E-state index in [9.17, 15) is 18.6 Å². The summed E-state index contributed by atoms with van der Waals surface area (Å²) in [5.74, 6) is 0. The van der Waals surface area contributed by atoms with Gasteiger partial charge in [0.05, 0.1) is 12.7 Å². The third-order valence-corrected chi connectivity index (χ3v) is 6.48. The number of hydrogen-bond acceptors (Lipinski definition) is 8. The molecule has 0 spiro atoms. The summed E-state index contributed by atoms with van der Waals surface area (Å²) in [6, 6.07) is -0.0931. The molecular weight excluding hydrogens is 377 g/mol. The van der Waals surface area contributed by atoms with Crippen molar-refractivity contribution in [3.8, 4) is 0 Å². The topological polar surface area (TPSA) is 178 Å². The molecule has 0 aromatic heterocycles. The molecule has 0 saturated carbocycles. The largest absolute Gasteiger partial charge is 0.512 e. The van der Waals surface area contributed by atoms with Crippen LogP contribution < -0.4 is 0 Å². The summed E-state index contributed by atoms with van der Waals surface area (Å²) in [5.41, 5.74) is 0. The summed E-state index contributed by atoms with van der Waals surface area (Å²) in [6.45, 7) is -0.410. The molecule has 12 nitrogen and oxygen atoms in total. The van der Waals surface area contributed by atoms with Crippen molar-refractivity contribution < 1.29 is 55.7 Å². The summed E-state index contributed by atoms with van der Waals surface area (Å²) in [6.07, 6.45) is 0.694. The smallest absolute Gasteiger partial charge is 0.490 e. The maximum absolute atomic E-state index is 11.5. The lowest BCUT2D eigenvalue weighted by Gasteiger charge is -2.18. The van der Waals surface area contributed by atoms with E-state index in [0.717, 1.165) is 0 Å². The van der Waals surface area contributed by atoms with Gasteiger partial charge in [-0.3, -0.25) is 4.52 Å². The van der Waals surface area contributed by atoms with Crippen LogP contribution >= 0.6 is 23.5 Å². The molecule has 1 aliphatic rings. The fourth-order valence-electron chi connectivity index (χ4n) is 1.84. The minimum Gasteiger partial charge on any atom is -0.512 e. The van der Waals surface area contributed by atoms with Gasteiger partial charge in [-0.25, -0.2) is 13.7 Å². The SMILES string of the molecule is BOBB[C@H]1CC[C@@H](COP(=O)(O)OP(=O)(O)OP(=O)(O)O)O1. The van der Waals surface area contributed by atoms with Crippen LogP contribution in [0, 0.1) is 0 Å². The lowest BCUT2D eigenvalue weighted by molar-refractivity contribution is 0.0394. The Bertz CT molecular complexity index is 524. The minimum absolute atomic E-state index is 0.0931. The van der Waals surface area contributed by atoms with Crippen LogP contribution in [0.1, 0.15) is 12.8 Å². The first-order chi connectivity index (χ1) is 10.4. The van der Waals surface area contributed by atoms with Crippen molar-refractivity contribution in [1.82, 2.24) is 0 Å². The van der Waals surface area contributed by atoms with Gasteiger partial charge in [0.2, 0.25) is 15.4 Å². The van der Waals surface area contributed by atoms with Gasteiger partial charge in [0.15, 0.2) is 7.17 Å². The van der Waals surface area contributed by atoms with E-state index in [1.54, 1.807) is 8.05 Å². The molecule has 0 aliphatic carbocycles. The Morgan fingerprint density at radius 3 is 2.30 bits per heavy atom. The van der Waals surface area contributed by atoms with E-state index in [-0.39, 0.29) is 6.00 Å². The molecule has 1 fully saturated rings. The zero-order chi connectivity index (χ0) is 17.7. The lowest BCUT2D eigenvalue weighted by atomic mass is 9.45. The monoisotopic (exact) mass is 394 g/mol. The molecule has 1 aliphatic heterocycles. The third kappa shape index (κ3) is 9.55. The molecule has 132 valence electrons. The predicted octanol–water partition coefficient (Wildman–Crippen LogP) is -1.90. The average molecular weight is 394 g/mol. The van der Waals surface area contributed by atoms with E-state index >= 15 is 0 Å². The summed E-state index contributed by atoms with van der Waals surface area (Å²) in [5, 5.41) is 0. The fourth-order valence-corrected chi connectivity index (χ4v) is 4.89. The first kappa shape index (κ1) is 21.6. The molecule has 0 amide bonds. The van der Waals surface area contributed by atoms with Crippen molar-refractivity contribution in [2.45, 2.75) is 24.9 Å². The van der Waals surface area contributed by atoms with Gasteiger partial charge >= 0.3 is 23.5 Å². The van der Waals surface area contributed by atoms with E-state index in [1.165, 1.54) is 0 Å². The average Bonchev–Trinajstić information content (AvgIpc) is 2.77. The van der Waals surface area contributed by atoms with Gasteiger partial charge in [0.1, 0.15) is 0 Å². The summed E-state index contributed by atoms with van der Waals surface area (Å²) < 4.78 is 55.1. The summed E-state index contributed by atoms with van der Waals surface area (Å²) in [7, 11) is -13.3. The maximum Gasteiger partial charge on any atom is 0.490 e. The second kappa shape index (κ2) is 8.76. The molecule has 0 aromatic carbocycles. The van der Waals surface area contributed by atoms with E-state index < -0.39 is 36.2 Å². The van der Waals surface area contributed by atoms with Crippen LogP contribution in [-0.2, 0) is 36.1 Å². The van der Waals surface area contributed by atoms with Gasteiger partial charge in [-0.2, -0.15) is 8.62 Å². The Labute approximate surface area is 134 Å².